The van der Waals surface area contributed by atoms with Crippen LogP contribution in [0.5, 0.6) is 5.75 Å². The first-order valence-electron chi connectivity index (χ1n) is 12.1. The van der Waals surface area contributed by atoms with Crippen molar-refractivity contribution in [3.63, 3.8) is 0 Å². The van der Waals surface area contributed by atoms with Gasteiger partial charge in [0.1, 0.15) is 23.8 Å². The van der Waals surface area contributed by atoms with Crippen LogP contribution in [0.15, 0.2) is 66.0 Å². The number of hydrogen-bond donors (Lipinski definition) is 1. The smallest absolute Gasteiger partial charge is 0.357 e. The van der Waals surface area contributed by atoms with Crippen LogP contribution < -0.4 is 10.1 Å². The molecule has 5 rings (SSSR count). The van der Waals surface area contributed by atoms with Crippen molar-refractivity contribution in [2.75, 3.05) is 26.0 Å². The molecule has 3 heterocycles. The molecule has 9 heteroatoms. The molecule has 0 radical (unpaired) electrons. The second-order valence-corrected chi connectivity index (χ2v) is 10.1. The lowest BCUT2D eigenvalue weighted by Gasteiger charge is -2.50. The second kappa shape index (κ2) is 10.7. The zero-order valence-electron chi connectivity index (χ0n) is 20.1. The van der Waals surface area contributed by atoms with Crippen molar-refractivity contribution >= 4 is 29.5 Å². The van der Waals surface area contributed by atoms with E-state index in [4.69, 9.17) is 9.47 Å². The quantitative estimate of drug-likeness (QED) is 0.434. The Labute approximate surface area is 214 Å². The standard InChI is InChI=1S/C27H29N3O5S/c1-34-20-11-9-19(10-12-20)16-35-27(33)24-21(29-13-5-6-14-29)17-36-26-23(25(32)30(24)26)28-22(31)15-18-7-3-2-4-8-18/h2-4,7-12,23,26H,5-6,13-17H2,1H3,(H,28,31)/t23-,26-/m1/s1. The minimum atomic E-state index is -0.657. The van der Waals surface area contributed by atoms with Crippen LogP contribution in [-0.4, -0.2) is 65.0 Å². The highest BCUT2D eigenvalue weighted by Gasteiger charge is 2.55. The van der Waals surface area contributed by atoms with Crippen LogP contribution in [-0.2, 0) is 32.1 Å². The number of thioether (sulfide) groups is 1. The maximum atomic E-state index is 13.3. The first kappa shape index (κ1) is 24.2. The van der Waals surface area contributed by atoms with Crippen LogP contribution in [0, 0.1) is 0 Å². The molecule has 0 saturated carbocycles. The molecule has 36 heavy (non-hydrogen) atoms. The minimum absolute atomic E-state index is 0.0939. The molecule has 2 aromatic rings. The summed E-state index contributed by atoms with van der Waals surface area (Å²) in [5.74, 6) is 0.314. The van der Waals surface area contributed by atoms with Gasteiger partial charge in [0.2, 0.25) is 5.91 Å². The largest absolute Gasteiger partial charge is 0.497 e. The Morgan fingerprint density at radius 1 is 1.03 bits per heavy atom. The summed E-state index contributed by atoms with van der Waals surface area (Å²) in [6.07, 6.45) is 2.31. The number of nitrogens with one attached hydrogen (secondary N) is 1. The number of carbonyl (C=O) groups excluding carboxylic acids is 3. The predicted molar refractivity (Wildman–Crippen MR) is 136 cm³/mol. The fourth-order valence-electron chi connectivity index (χ4n) is 4.77. The van der Waals surface area contributed by atoms with Crippen molar-refractivity contribution in [1.82, 2.24) is 15.1 Å². The summed E-state index contributed by atoms with van der Waals surface area (Å²) in [7, 11) is 1.60. The number of amides is 2. The SMILES string of the molecule is COc1ccc(COC(=O)C2=C(N3CCCC3)CS[C@@H]3[C@H](NC(=O)Cc4ccccc4)C(=O)N23)cc1. The summed E-state index contributed by atoms with van der Waals surface area (Å²) in [4.78, 5) is 42.9. The lowest BCUT2D eigenvalue weighted by molar-refractivity contribution is -0.153. The third kappa shape index (κ3) is 4.93. The van der Waals surface area contributed by atoms with Gasteiger partial charge in [0.05, 0.1) is 19.2 Å². The Hall–Kier alpha value is -3.46. The van der Waals surface area contributed by atoms with Gasteiger partial charge in [-0.1, -0.05) is 42.5 Å². The van der Waals surface area contributed by atoms with Gasteiger partial charge in [-0.3, -0.25) is 14.5 Å². The van der Waals surface area contributed by atoms with Crippen molar-refractivity contribution in [3.05, 3.63) is 77.1 Å². The first-order chi connectivity index (χ1) is 17.5. The van der Waals surface area contributed by atoms with E-state index in [1.165, 1.54) is 4.90 Å². The number of fused-ring (bicyclic) bond motifs is 1. The molecule has 0 aromatic heterocycles. The summed E-state index contributed by atoms with van der Waals surface area (Å²) in [5.41, 5.74) is 2.87. The highest BCUT2D eigenvalue weighted by atomic mass is 32.2. The van der Waals surface area contributed by atoms with E-state index in [0.717, 1.165) is 48.5 Å². The van der Waals surface area contributed by atoms with E-state index in [1.54, 1.807) is 18.9 Å². The molecule has 2 saturated heterocycles. The molecular formula is C27H29N3O5S. The second-order valence-electron chi connectivity index (χ2n) is 9.03. The summed E-state index contributed by atoms with van der Waals surface area (Å²) >= 11 is 1.58. The number of hydrogen-bond acceptors (Lipinski definition) is 7. The summed E-state index contributed by atoms with van der Waals surface area (Å²) in [6.45, 7) is 1.81. The van der Waals surface area contributed by atoms with E-state index < -0.39 is 12.0 Å². The first-order valence-corrected chi connectivity index (χ1v) is 13.2. The van der Waals surface area contributed by atoms with Crippen molar-refractivity contribution in [1.29, 1.82) is 0 Å². The topological polar surface area (TPSA) is 88.2 Å². The van der Waals surface area contributed by atoms with E-state index in [0.29, 0.717) is 11.4 Å². The molecule has 3 aliphatic rings. The molecular weight excluding hydrogens is 478 g/mol. The third-order valence-corrected chi connectivity index (χ3v) is 7.95. The molecule has 0 bridgehead atoms. The van der Waals surface area contributed by atoms with Gasteiger partial charge in [0.15, 0.2) is 5.70 Å². The lowest BCUT2D eigenvalue weighted by Crippen LogP contribution is -2.71. The number of rotatable bonds is 8. The van der Waals surface area contributed by atoms with Crippen LogP contribution in [0.1, 0.15) is 24.0 Å². The van der Waals surface area contributed by atoms with Gasteiger partial charge in [0, 0.05) is 18.8 Å². The average Bonchev–Trinajstić information content (AvgIpc) is 3.45. The Morgan fingerprint density at radius 3 is 2.44 bits per heavy atom. The van der Waals surface area contributed by atoms with Crippen molar-refractivity contribution in [2.24, 2.45) is 0 Å². The van der Waals surface area contributed by atoms with Gasteiger partial charge in [-0.15, -0.1) is 11.8 Å². The summed E-state index contributed by atoms with van der Waals surface area (Å²) < 4.78 is 10.9. The molecule has 8 nitrogen and oxygen atoms in total. The van der Waals surface area contributed by atoms with Crippen LogP contribution >= 0.6 is 11.8 Å². The fourth-order valence-corrected chi connectivity index (χ4v) is 6.15. The summed E-state index contributed by atoms with van der Waals surface area (Å²) in [6, 6.07) is 16.1. The zero-order chi connectivity index (χ0) is 25.1. The number of benzene rings is 2. The Morgan fingerprint density at radius 2 is 1.75 bits per heavy atom. The highest BCUT2D eigenvalue weighted by molar-refractivity contribution is 8.00. The summed E-state index contributed by atoms with van der Waals surface area (Å²) in [5, 5.41) is 2.55. The number of nitrogens with zero attached hydrogens (tertiary/aromatic N) is 2. The monoisotopic (exact) mass is 507 g/mol. The predicted octanol–water partition coefficient (Wildman–Crippen LogP) is 2.69. The molecule has 0 spiro atoms. The van der Waals surface area contributed by atoms with E-state index >= 15 is 0 Å². The number of β-lactam (4-membered cyclic amide) rings is 1. The Balaban J connectivity index is 1.30. The van der Waals surface area contributed by atoms with Crippen LogP contribution in [0.25, 0.3) is 0 Å². The van der Waals surface area contributed by atoms with E-state index in [-0.39, 0.29) is 30.2 Å². The average molecular weight is 508 g/mol. The fraction of sp³-hybridized carbons (Fsp3) is 0.370. The highest BCUT2D eigenvalue weighted by Crippen LogP contribution is 2.42. The van der Waals surface area contributed by atoms with Gasteiger partial charge in [-0.25, -0.2) is 4.79 Å². The molecule has 2 aromatic carbocycles. The van der Waals surface area contributed by atoms with Gasteiger partial charge in [-0.05, 0) is 36.1 Å². The molecule has 1 N–H and O–H groups in total. The molecule has 188 valence electrons. The van der Waals surface area contributed by atoms with E-state index in [9.17, 15) is 14.4 Å². The van der Waals surface area contributed by atoms with Gasteiger partial charge >= 0.3 is 5.97 Å². The van der Waals surface area contributed by atoms with Gasteiger partial charge in [-0.2, -0.15) is 0 Å². The van der Waals surface area contributed by atoms with Crippen LogP contribution in [0.2, 0.25) is 0 Å². The Kier molecular flexibility index (Phi) is 7.18. The maximum Gasteiger partial charge on any atom is 0.357 e. The Bertz CT molecular complexity index is 1160. The molecule has 2 atom stereocenters. The van der Waals surface area contributed by atoms with Gasteiger partial charge < -0.3 is 19.7 Å². The molecule has 2 amide bonds. The van der Waals surface area contributed by atoms with E-state index in [2.05, 4.69) is 10.2 Å². The number of ether oxygens (including phenoxy) is 2. The normalized spacial score (nSPS) is 21.1. The van der Waals surface area contributed by atoms with Crippen LogP contribution in [0.4, 0.5) is 0 Å². The molecule has 2 fully saturated rings. The molecule has 0 unspecified atom stereocenters. The van der Waals surface area contributed by atoms with Gasteiger partial charge in [0.25, 0.3) is 5.91 Å². The third-order valence-electron chi connectivity index (χ3n) is 6.68. The van der Waals surface area contributed by atoms with Crippen LogP contribution in [0.3, 0.4) is 0 Å². The maximum absolute atomic E-state index is 13.3. The molecule has 0 aliphatic carbocycles. The lowest BCUT2D eigenvalue weighted by atomic mass is 10.0. The van der Waals surface area contributed by atoms with Crippen molar-refractivity contribution in [3.8, 4) is 5.75 Å². The number of likely N-dealkylation sites (tertiary alicyclic amines) is 1. The van der Waals surface area contributed by atoms with Crippen molar-refractivity contribution in [2.45, 2.75) is 37.3 Å². The van der Waals surface area contributed by atoms with Crippen molar-refractivity contribution < 1.29 is 23.9 Å². The number of carbonyl (C=O) groups is 3. The zero-order valence-corrected chi connectivity index (χ0v) is 21.0. The number of esters is 1. The van der Waals surface area contributed by atoms with E-state index in [1.807, 2.05) is 54.6 Å². The minimum Gasteiger partial charge on any atom is -0.497 e. The molecule has 3 aliphatic heterocycles. The number of methoxy groups -OCH3 is 1.